The van der Waals surface area contributed by atoms with E-state index in [1.54, 1.807) is 18.2 Å². The van der Waals surface area contributed by atoms with Crippen molar-refractivity contribution in [2.24, 2.45) is 5.84 Å². The highest BCUT2D eigenvalue weighted by atomic mass is 19.1. The van der Waals surface area contributed by atoms with E-state index in [4.69, 9.17) is 10.6 Å². The Balaban J connectivity index is 2.87. The summed E-state index contributed by atoms with van der Waals surface area (Å²) in [6.07, 6.45) is 0.730. The Morgan fingerprint density at radius 2 is 2.18 bits per heavy atom. The lowest BCUT2D eigenvalue weighted by atomic mass is 10.0. The standard InChI is InChI=1S/C12H20FN3O/c1-16(2)8-7-10(15-14)9-5-4-6-11(17-3)12(9)13/h4-6,10,15H,7-8,14H2,1-3H3. The van der Waals surface area contributed by atoms with Gasteiger partial charge in [0.25, 0.3) is 0 Å². The van der Waals surface area contributed by atoms with Crippen molar-refractivity contribution < 1.29 is 9.13 Å². The van der Waals surface area contributed by atoms with Gasteiger partial charge in [-0.05, 0) is 33.1 Å². The summed E-state index contributed by atoms with van der Waals surface area (Å²) < 4.78 is 19.0. The Kier molecular flexibility index (Phi) is 5.34. The first-order chi connectivity index (χ1) is 8.10. The van der Waals surface area contributed by atoms with Crippen LogP contribution in [0.25, 0.3) is 0 Å². The summed E-state index contributed by atoms with van der Waals surface area (Å²) in [6, 6.07) is 4.86. The van der Waals surface area contributed by atoms with Crippen LogP contribution in [0.1, 0.15) is 18.0 Å². The molecule has 96 valence electrons. The average Bonchev–Trinajstić information content (AvgIpc) is 2.31. The molecule has 1 aromatic carbocycles. The molecule has 0 aliphatic heterocycles. The number of halogens is 1. The summed E-state index contributed by atoms with van der Waals surface area (Å²) in [4.78, 5) is 2.03. The molecule has 0 aliphatic carbocycles. The van der Waals surface area contributed by atoms with Gasteiger partial charge in [-0.25, -0.2) is 4.39 Å². The van der Waals surface area contributed by atoms with Gasteiger partial charge in [-0.1, -0.05) is 12.1 Å². The summed E-state index contributed by atoms with van der Waals surface area (Å²) >= 11 is 0. The number of benzene rings is 1. The molecule has 1 atom stereocenters. The van der Waals surface area contributed by atoms with Crippen molar-refractivity contribution in [3.63, 3.8) is 0 Å². The van der Waals surface area contributed by atoms with Gasteiger partial charge in [0, 0.05) is 5.56 Å². The topological polar surface area (TPSA) is 50.5 Å². The second-order valence-electron chi connectivity index (χ2n) is 4.17. The number of hydrogen-bond acceptors (Lipinski definition) is 4. The first-order valence-corrected chi connectivity index (χ1v) is 5.53. The van der Waals surface area contributed by atoms with Gasteiger partial charge in [0.05, 0.1) is 13.2 Å². The Hall–Kier alpha value is -1.17. The molecule has 0 aliphatic rings. The molecular formula is C12H20FN3O. The van der Waals surface area contributed by atoms with Crippen LogP contribution in [0, 0.1) is 5.82 Å². The highest BCUT2D eigenvalue weighted by Crippen LogP contribution is 2.26. The predicted octanol–water partition coefficient (Wildman–Crippen LogP) is 1.29. The third-order valence-corrected chi connectivity index (χ3v) is 2.65. The highest BCUT2D eigenvalue weighted by molar-refractivity contribution is 5.33. The Bertz CT molecular complexity index is 358. The zero-order chi connectivity index (χ0) is 12.8. The maximum atomic E-state index is 14.0. The fourth-order valence-electron chi connectivity index (χ4n) is 1.67. The Labute approximate surface area is 102 Å². The summed E-state index contributed by atoms with van der Waals surface area (Å²) in [5, 5.41) is 0. The molecule has 0 saturated heterocycles. The minimum absolute atomic E-state index is 0.215. The van der Waals surface area contributed by atoms with Crippen molar-refractivity contribution in [2.75, 3.05) is 27.7 Å². The lowest BCUT2D eigenvalue weighted by molar-refractivity contribution is 0.350. The minimum atomic E-state index is -0.350. The van der Waals surface area contributed by atoms with Crippen LogP contribution in [-0.4, -0.2) is 32.6 Å². The molecule has 0 heterocycles. The molecular weight excluding hydrogens is 221 g/mol. The van der Waals surface area contributed by atoms with Gasteiger partial charge in [-0.15, -0.1) is 0 Å². The van der Waals surface area contributed by atoms with Crippen LogP contribution in [0.15, 0.2) is 18.2 Å². The number of rotatable bonds is 6. The van der Waals surface area contributed by atoms with E-state index in [0.29, 0.717) is 5.56 Å². The van der Waals surface area contributed by atoms with Crippen molar-refractivity contribution in [1.82, 2.24) is 10.3 Å². The third-order valence-electron chi connectivity index (χ3n) is 2.65. The Morgan fingerprint density at radius 3 is 2.71 bits per heavy atom. The van der Waals surface area contributed by atoms with E-state index < -0.39 is 0 Å². The van der Waals surface area contributed by atoms with E-state index in [1.807, 2.05) is 19.0 Å². The largest absolute Gasteiger partial charge is 0.494 e. The van der Waals surface area contributed by atoms with Gasteiger partial charge >= 0.3 is 0 Å². The maximum Gasteiger partial charge on any atom is 0.169 e. The number of hydrogen-bond donors (Lipinski definition) is 2. The van der Waals surface area contributed by atoms with Crippen LogP contribution < -0.4 is 16.0 Å². The molecule has 0 bridgehead atoms. The number of nitrogens with one attached hydrogen (secondary N) is 1. The molecule has 0 fully saturated rings. The van der Waals surface area contributed by atoms with Crippen LogP contribution in [0.2, 0.25) is 0 Å². The van der Waals surface area contributed by atoms with E-state index in [1.165, 1.54) is 7.11 Å². The first-order valence-electron chi connectivity index (χ1n) is 5.53. The van der Waals surface area contributed by atoms with Gasteiger partial charge in [-0.2, -0.15) is 0 Å². The average molecular weight is 241 g/mol. The van der Waals surface area contributed by atoms with E-state index in [-0.39, 0.29) is 17.6 Å². The molecule has 3 N–H and O–H groups in total. The smallest absolute Gasteiger partial charge is 0.169 e. The minimum Gasteiger partial charge on any atom is -0.494 e. The molecule has 0 radical (unpaired) electrons. The van der Waals surface area contributed by atoms with Gasteiger partial charge in [-0.3, -0.25) is 11.3 Å². The van der Waals surface area contributed by atoms with Crippen LogP contribution in [0.4, 0.5) is 4.39 Å². The van der Waals surface area contributed by atoms with Crippen LogP contribution in [0.3, 0.4) is 0 Å². The maximum absolute atomic E-state index is 14.0. The highest BCUT2D eigenvalue weighted by Gasteiger charge is 2.17. The fourth-order valence-corrected chi connectivity index (χ4v) is 1.67. The van der Waals surface area contributed by atoms with Gasteiger partial charge < -0.3 is 9.64 Å². The second-order valence-corrected chi connectivity index (χ2v) is 4.17. The monoisotopic (exact) mass is 241 g/mol. The first kappa shape index (κ1) is 13.9. The number of nitrogens with two attached hydrogens (primary N) is 1. The van der Waals surface area contributed by atoms with Crippen LogP contribution in [-0.2, 0) is 0 Å². The lowest BCUT2D eigenvalue weighted by Crippen LogP contribution is -2.31. The molecule has 17 heavy (non-hydrogen) atoms. The van der Waals surface area contributed by atoms with Crippen molar-refractivity contribution >= 4 is 0 Å². The zero-order valence-electron chi connectivity index (χ0n) is 10.5. The molecule has 0 spiro atoms. The normalized spacial score (nSPS) is 12.8. The number of ether oxygens (including phenoxy) is 1. The Morgan fingerprint density at radius 1 is 1.47 bits per heavy atom. The molecule has 0 amide bonds. The molecule has 1 rings (SSSR count). The third kappa shape index (κ3) is 3.66. The SMILES string of the molecule is COc1cccc(C(CCN(C)C)NN)c1F. The van der Waals surface area contributed by atoms with Gasteiger partial charge in [0.2, 0.25) is 0 Å². The fraction of sp³-hybridized carbons (Fsp3) is 0.500. The van der Waals surface area contributed by atoms with Crippen molar-refractivity contribution in [2.45, 2.75) is 12.5 Å². The van der Waals surface area contributed by atoms with Gasteiger partial charge in [0.15, 0.2) is 11.6 Å². The summed E-state index contributed by atoms with van der Waals surface area (Å²) in [5.74, 6) is 5.37. The number of nitrogens with zero attached hydrogens (tertiary/aromatic N) is 1. The molecule has 4 nitrogen and oxygen atoms in total. The van der Waals surface area contributed by atoms with Crippen molar-refractivity contribution in [3.05, 3.63) is 29.6 Å². The van der Waals surface area contributed by atoms with Crippen molar-refractivity contribution in [1.29, 1.82) is 0 Å². The molecule has 1 unspecified atom stereocenters. The van der Waals surface area contributed by atoms with Gasteiger partial charge in [0.1, 0.15) is 0 Å². The summed E-state index contributed by atoms with van der Waals surface area (Å²) in [5.41, 5.74) is 3.18. The van der Waals surface area contributed by atoms with Crippen molar-refractivity contribution in [3.8, 4) is 5.75 Å². The summed E-state index contributed by atoms with van der Waals surface area (Å²) in [6.45, 7) is 0.825. The summed E-state index contributed by atoms with van der Waals surface area (Å²) in [7, 11) is 5.39. The quantitative estimate of drug-likeness (QED) is 0.582. The van der Waals surface area contributed by atoms with E-state index >= 15 is 0 Å². The second kappa shape index (κ2) is 6.54. The number of methoxy groups -OCH3 is 1. The van der Waals surface area contributed by atoms with Crippen LogP contribution >= 0.6 is 0 Å². The molecule has 0 saturated carbocycles. The zero-order valence-corrected chi connectivity index (χ0v) is 10.5. The lowest BCUT2D eigenvalue weighted by Gasteiger charge is -2.20. The molecule has 0 aromatic heterocycles. The predicted molar refractivity (Wildman–Crippen MR) is 66.2 cm³/mol. The van der Waals surface area contributed by atoms with E-state index in [9.17, 15) is 4.39 Å². The molecule has 5 heteroatoms. The number of hydrazine groups is 1. The van der Waals surface area contributed by atoms with E-state index in [0.717, 1.165) is 13.0 Å². The van der Waals surface area contributed by atoms with E-state index in [2.05, 4.69) is 5.43 Å². The van der Waals surface area contributed by atoms with Crippen LogP contribution in [0.5, 0.6) is 5.75 Å². The molecule has 1 aromatic rings.